The third-order valence-electron chi connectivity index (χ3n) is 3.95. The van der Waals surface area contributed by atoms with E-state index in [2.05, 4.69) is 34.6 Å². The van der Waals surface area contributed by atoms with Crippen LogP contribution in [0.5, 0.6) is 0 Å². The van der Waals surface area contributed by atoms with Crippen LogP contribution in [-0.4, -0.2) is 4.98 Å². The number of pyridine rings is 1. The van der Waals surface area contributed by atoms with E-state index in [4.69, 9.17) is 17.3 Å². The van der Waals surface area contributed by atoms with Crippen molar-refractivity contribution in [2.75, 3.05) is 11.1 Å². The molecule has 4 rings (SSSR count). The summed E-state index contributed by atoms with van der Waals surface area (Å²) in [7, 11) is 3.44. The molecule has 0 spiro atoms. The van der Waals surface area contributed by atoms with Gasteiger partial charge in [-0.3, -0.25) is 4.98 Å². The van der Waals surface area contributed by atoms with Crippen LogP contribution in [0, 0.1) is 0 Å². The molecule has 3 aromatic carbocycles. The number of nitrogens with one attached hydrogen (secondary N) is 1. The molecule has 0 radical (unpaired) electrons. The van der Waals surface area contributed by atoms with Gasteiger partial charge in [-0.05, 0) is 72.8 Å². The first-order valence-electron chi connectivity index (χ1n) is 8.29. The van der Waals surface area contributed by atoms with Crippen molar-refractivity contribution in [2.45, 2.75) is 9.79 Å². The molecule has 0 unspecified atom stereocenters. The minimum Gasteiger partial charge on any atom is -0.399 e. The first-order valence-corrected chi connectivity index (χ1v) is 10.8. The summed E-state index contributed by atoms with van der Waals surface area (Å²) >= 11 is 6.06. The Hall–Kier alpha value is -2.34. The van der Waals surface area contributed by atoms with Crippen LogP contribution < -0.4 is 11.1 Å². The van der Waals surface area contributed by atoms with E-state index < -0.39 is 0 Å². The summed E-state index contributed by atoms with van der Waals surface area (Å²) in [6, 6.07) is 24.0. The fourth-order valence-electron chi connectivity index (χ4n) is 2.60. The molecule has 0 aliphatic carbocycles. The van der Waals surface area contributed by atoms with Gasteiger partial charge < -0.3 is 11.1 Å². The minimum absolute atomic E-state index is 0.687. The van der Waals surface area contributed by atoms with Gasteiger partial charge in [0.15, 0.2) is 0 Å². The molecule has 0 saturated carbocycles. The average molecular weight is 410 g/mol. The monoisotopic (exact) mass is 409 g/mol. The number of nitrogen functional groups attached to an aromatic ring is 1. The highest BCUT2D eigenvalue weighted by atomic mass is 35.5. The van der Waals surface area contributed by atoms with Crippen molar-refractivity contribution in [1.82, 2.24) is 4.98 Å². The molecular weight excluding hydrogens is 394 g/mol. The van der Waals surface area contributed by atoms with Gasteiger partial charge in [0.25, 0.3) is 0 Å². The van der Waals surface area contributed by atoms with Gasteiger partial charge >= 0.3 is 0 Å². The predicted octanol–water partition coefficient (Wildman–Crippen LogP) is 7.01. The highest BCUT2D eigenvalue weighted by molar-refractivity contribution is 8.76. The van der Waals surface area contributed by atoms with Gasteiger partial charge in [0, 0.05) is 43.5 Å². The van der Waals surface area contributed by atoms with E-state index in [0.717, 1.165) is 28.0 Å². The molecule has 0 aliphatic heterocycles. The molecule has 0 bridgehead atoms. The van der Waals surface area contributed by atoms with E-state index >= 15 is 0 Å². The molecule has 0 aliphatic rings. The topological polar surface area (TPSA) is 50.9 Å². The third-order valence-corrected chi connectivity index (χ3v) is 6.60. The van der Waals surface area contributed by atoms with Gasteiger partial charge in [0.05, 0.1) is 5.52 Å². The number of halogens is 1. The van der Waals surface area contributed by atoms with E-state index in [1.165, 1.54) is 9.79 Å². The molecule has 134 valence electrons. The fourth-order valence-corrected chi connectivity index (χ4v) is 4.70. The number of nitrogens with two attached hydrogens (primary N) is 1. The molecule has 1 aromatic heterocycles. The van der Waals surface area contributed by atoms with Crippen molar-refractivity contribution in [3.63, 3.8) is 0 Å². The zero-order valence-corrected chi connectivity index (χ0v) is 16.6. The van der Waals surface area contributed by atoms with Crippen LogP contribution in [0.15, 0.2) is 88.8 Å². The van der Waals surface area contributed by atoms with Crippen molar-refractivity contribution in [3.8, 4) is 0 Å². The second-order valence-corrected chi connectivity index (χ2v) is 8.62. The van der Waals surface area contributed by atoms with Gasteiger partial charge in [0.2, 0.25) is 0 Å². The number of aromatic nitrogens is 1. The van der Waals surface area contributed by atoms with Gasteiger partial charge in [-0.2, -0.15) is 0 Å². The number of hydrogen-bond acceptors (Lipinski definition) is 5. The Bertz CT molecular complexity index is 1070. The summed E-state index contributed by atoms with van der Waals surface area (Å²) in [5, 5.41) is 5.19. The lowest BCUT2D eigenvalue weighted by atomic mass is 10.2. The Morgan fingerprint density at radius 2 is 1.48 bits per heavy atom. The molecule has 1 heterocycles. The van der Waals surface area contributed by atoms with Crippen molar-refractivity contribution >= 4 is 61.2 Å². The number of benzene rings is 3. The molecular formula is C21H16ClN3S2. The second kappa shape index (κ2) is 8.13. The Morgan fingerprint density at radius 3 is 2.19 bits per heavy atom. The number of rotatable bonds is 5. The number of nitrogens with zero attached hydrogens (tertiary/aromatic N) is 1. The zero-order valence-electron chi connectivity index (χ0n) is 14.2. The number of anilines is 3. The van der Waals surface area contributed by atoms with Crippen LogP contribution in [0.25, 0.3) is 10.9 Å². The Labute approximate surface area is 170 Å². The van der Waals surface area contributed by atoms with E-state index in [9.17, 15) is 0 Å². The molecule has 4 aromatic rings. The lowest BCUT2D eigenvalue weighted by molar-refractivity contribution is 1.40. The maximum atomic E-state index is 6.06. The van der Waals surface area contributed by atoms with E-state index in [1.54, 1.807) is 27.8 Å². The van der Waals surface area contributed by atoms with E-state index in [-0.39, 0.29) is 0 Å². The Kier molecular flexibility index (Phi) is 5.43. The highest BCUT2D eigenvalue weighted by Gasteiger charge is 2.04. The van der Waals surface area contributed by atoms with Gasteiger partial charge in [-0.15, -0.1) is 0 Å². The maximum Gasteiger partial charge on any atom is 0.0737 e. The quantitative estimate of drug-likeness (QED) is 0.274. The van der Waals surface area contributed by atoms with Gasteiger partial charge in [-0.1, -0.05) is 33.2 Å². The van der Waals surface area contributed by atoms with Crippen LogP contribution >= 0.6 is 33.2 Å². The number of fused-ring (bicyclic) bond motifs is 1. The molecule has 0 amide bonds. The molecule has 3 N–H and O–H groups in total. The molecule has 0 saturated heterocycles. The molecule has 27 heavy (non-hydrogen) atoms. The van der Waals surface area contributed by atoms with Crippen molar-refractivity contribution in [3.05, 3.63) is 84.0 Å². The minimum atomic E-state index is 0.687. The van der Waals surface area contributed by atoms with Crippen molar-refractivity contribution < 1.29 is 0 Å². The summed E-state index contributed by atoms with van der Waals surface area (Å²) in [4.78, 5) is 6.75. The Balaban J connectivity index is 1.46. The molecule has 0 atom stereocenters. The maximum absolute atomic E-state index is 6.06. The van der Waals surface area contributed by atoms with Crippen LogP contribution in [0.4, 0.5) is 17.1 Å². The summed E-state index contributed by atoms with van der Waals surface area (Å²) in [5.74, 6) is 0. The van der Waals surface area contributed by atoms with Crippen LogP contribution in [0.2, 0.25) is 5.02 Å². The largest absolute Gasteiger partial charge is 0.399 e. The van der Waals surface area contributed by atoms with Gasteiger partial charge in [-0.25, -0.2) is 0 Å². The smallest absolute Gasteiger partial charge is 0.0737 e. The van der Waals surface area contributed by atoms with E-state index in [1.807, 2.05) is 48.5 Å². The zero-order chi connectivity index (χ0) is 18.6. The lowest BCUT2D eigenvalue weighted by Gasteiger charge is -2.10. The average Bonchev–Trinajstić information content (AvgIpc) is 2.68. The fraction of sp³-hybridized carbons (Fsp3) is 0. The van der Waals surface area contributed by atoms with Gasteiger partial charge in [0.1, 0.15) is 0 Å². The summed E-state index contributed by atoms with van der Waals surface area (Å²) in [6.45, 7) is 0. The number of hydrogen-bond donors (Lipinski definition) is 2. The lowest BCUT2D eigenvalue weighted by Crippen LogP contribution is -1.92. The van der Waals surface area contributed by atoms with Crippen LogP contribution in [-0.2, 0) is 0 Å². The van der Waals surface area contributed by atoms with Crippen molar-refractivity contribution in [2.24, 2.45) is 0 Å². The summed E-state index contributed by atoms with van der Waals surface area (Å²) < 4.78 is 0. The standard InChI is InChI=1S/C21H16ClN3S2/c22-14-1-10-19-20(11-12-24-21(19)13-14)25-16-4-8-18(9-5-16)27-26-17-6-2-15(23)3-7-17/h1-13H,23H2,(H,24,25). The Morgan fingerprint density at radius 1 is 0.815 bits per heavy atom. The van der Waals surface area contributed by atoms with Crippen LogP contribution in [0.1, 0.15) is 0 Å². The summed E-state index contributed by atoms with van der Waals surface area (Å²) in [5.41, 5.74) is 9.41. The molecule has 6 heteroatoms. The predicted molar refractivity (Wildman–Crippen MR) is 119 cm³/mol. The normalized spacial score (nSPS) is 10.9. The first-order chi connectivity index (χ1) is 13.2. The SMILES string of the molecule is Nc1ccc(SSc2ccc(Nc3ccnc4cc(Cl)ccc34)cc2)cc1. The third kappa shape index (κ3) is 4.50. The molecule has 0 fully saturated rings. The first kappa shape index (κ1) is 18.0. The molecule has 3 nitrogen and oxygen atoms in total. The highest BCUT2D eigenvalue weighted by Crippen LogP contribution is 2.38. The second-order valence-electron chi connectivity index (χ2n) is 5.91. The van der Waals surface area contributed by atoms with E-state index in [0.29, 0.717) is 5.02 Å². The summed E-state index contributed by atoms with van der Waals surface area (Å²) in [6.07, 6.45) is 1.79. The van der Waals surface area contributed by atoms with Crippen LogP contribution in [0.3, 0.4) is 0 Å². The van der Waals surface area contributed by atoms with Crippen molar-refractivity contribution in [1.29, 1.82) is 0 Å².